The molecule has 2 aromatic heterocycles. The van der Waals surface area contributed by atoms with E-state index in [1.807, 2.05) is 92.1 Å². The molecule has 0 unspecified atom stereocenters. The van der Waals surface area contributed by atoms with Crippen molar-refractivity contribution in [1.29, 1.82) is 0 Å². The lowest BCUT2D eigenvalue weighted by Crippen LogP contribution is -2.12. The maximum Gasteiger partial charge on any atom is 0.149 e. The van der Waals surface area contributed by atoms with Crippen LogP contribution in [0.15, 0.2) is 139 Å². The number of aryl methyl sites for hydroxylation is 2. The lowest BCUT2D eigenvalue weighted by Gasteiger charge is -2.22. The quantitative estimate of drug-likeness (QED) is 0.182. The fourth-order valence-electron chi connectivity index (χ4n) is 7.28. The Morgan fingerprint density at radius 3 is 2.02 bits per heavy atom. The summed E-state index contributed by atoms with van der Waals surface area (Å²) in [5, 5.41) is 12.0. The molecular formula is C56H57N3O. The number of imidazole rings is 1. The molecule has 60 heavy (non-hydrogen) atoms. The summed E-state index contributed by atoms with van der Waals surface area (Å²) in [4.78, 5) is 9.74. The van der Waals surface area contributed by atoms with Gasteiger partial charge in [-0.25, -0.2) is 4.98 Å². The van der Waals surface area contributed by atoms with E-state index in [0.717, 1.165) is 5.56 Å². The molecule has 0 atom stereocenters. The molecule has 0 amide bonds. The van der Waals surface area contributed by atoms with Gasteiger partial charge in [0.1, 0.15) is 11.6 Å². The van der Waals surface area contributed by atoms with Crippen molar-refractivity contribution in [2.45, 2.75) is 92.1 Å². The van der Waals surface area contributed by atoms with Gasteiger partial charge in [-0.3, -0.25) is 9.55 Å². The SMILES string of the molecule is [2H]c1nc(-c2cc(-c3cccc4c3nc(-c3cc(C(C)(C)C)cc(C)c3O)n4-c3ccc(C([2H])([2H])[2H])cc3-c3ccccc3)cc(C(C)(C)C)c2)c([2H])c(-c2c([2H])c([2H])c(C(C([2H])([2H])[2H])(C([2H])([2H])[2H])C([2H])([2H])[2H])c([2H])c2[2H])c1[2H]. The molecule has 4 nitrogen and oxygen atoms in total. The predicted octanol–water partition coefficient (Wildman–Crippen LogP) is 15.0. The van der Waals surface area contributed by atoms with Gasteiger partial charge >= 0.3 is 0 Å². The van der Waals surface area contributed by atoms with E-state index in [1.54, 1.807) is 37.3 Å². The number of para-hydroxylation sites is 1. The standard InChI is InChI=1S/C56H57N3O/c1-35-20-25-49(46(28-35)38-16-13-12-14-17-38)59-50-19-15-18-45(51(50)58-53(59)47-34-43(55(6,7)8)29-36(2)52(47)60)40-30-41(32-44(31-40)56(9,10)11)48-33-39(26-27-57-48)37-21-23-42(24-22-37)54(3,4)5/h12-34,60H,1-11H3/i1D3,3D3,4D3,5D3,21D,22D,23D,24D,26D,27D,33D. The van der Waals surface area contributed by atoms with Gasteiger partial charge in [0.2, 0.25) is 0 Å². The van der Waals surface area contributed by atoms with Crippen molar-refractivity contribution >= 4 is 11.0 Å². The van der Waals surface area contributed by atoms with Gasteiger partial charge in [-0.05, 0) is 123 Å². The second kappa shape index (κ2) is 15.1. The molecule has 302 valence electrons. The molecule has 6 aromatic carbocycles. The maximum atomic E-state index is 12.0. The predicted molar refractivity (Wildman–Crippen MR) is 253 cm³/mol. The van der Waals surface area contributed by atoms with E-state index in [1.165, 1.54) is 0 Å². The third-order valence-corrected chi connectivity index (χ3v) is 10.6. The third kappa shape index (κ3) is 7.79. The van der Waals surface area contributed by atoms with Crippen molar-refractivity contribution in [2.75, 3.05) is 0 Å². The van der Waals surface area contributed by atoms with E-state index in [9.17, 15) is 6.48 Å². The Morgan fingerprint density at radius 1 is 0.600 bits per heavy atom. The highest BCUT2D eigenvalue weighted by atomic mass is 16.3. The topological polar surface area (TPSA) is 50.9 Å². The Kier molecular flexibility index (Phi) is 5.91. The number of aromatic nitrogens is 3. The average molecular weight is 807 g/mol. The fourth-order valence-corrected chi connectivity index (χ4v) is 7.28. The minimum Gasteiger partial charge on any atom is -0.507 e. The lowest BCUT2D eigenvalue weighted by atomic mass is 9.83. The first-order valence-corrected chi connectivity index (χ1v) is 19.6. The lowest BCUT2D eigenvalue weighted by molar-refractivity contribution is 0.471. The zero-order valence-electron chi connectivity index (χ0n) is 53.5. The molecule has 1 N–H and O–H groups in total. The summed E-state index contributed by atoms with van der Waals surface area (Å²) < 4.78 is 165. The Hall–Kier alpha value is -6.26. The van der Waals surface area contributed by atoms with Crippen molar-refractivity contribution < 1.29 is 31.2 Å². The minimum absolute atomic E-state index is 0.0278. The highest BCUT2D eigenvalue weighted by Gasteiger charge is 2.26. The number of rotatable bonds is 6. The van der Waals surface area contributed by atoms with Crippen LogP contribution in [0.4, 0.5) is 0 Å². The smallest absolute Gasteiger partial charge is 0.149 e. The number of hydrogen-bond acceptors (Lipinski definition) is 3. The van der Waals surface area contributed by atoms with Crippen molar-refractivity contribution in [2.24, 2.45) is 0 Å². The van der Waals surface area contributed by atoms with Crippen LogP contribution in [0.3, 0.4) is 0 Å². The Balaban J connectivity index is 1.45. The molecule has 0 fully saturated rings. The maximum absolute atomic E-state index is 12.0. The van der Waals surface area contributed by atoms with Crippen molar-refractivity contribution in [1.82, 2.24) is 14.5 Å². The average Bonchev–Trinajstić information content (AvgIpc) is 2.43. The fraction of sp³-hybridized carbons (Fsp3) is 0.250. The zero-order valence-corrected chi connectivity index (χ0v) is 34.5. The van der Waals surface area contributed by atoms with Crippen molar-refractivity contribution in [3.05, 3.63) is 167 Å². The summed E-state index contributed by atoms with van der Waals surface area (Å²) in [6.45, 7) is -0.492. The first-order valence-electron chi connectivity index (χ1n) is 29.1. The minimum atomic E-state index is -3.94. The van der Waals surface area contributed by atoms with Crippen LogP contribution in [0.2, 0.25) is 0 Å². The molecule has 0 radical (unpaired) electrons. The van der Waals surface area contributed by atoms with Gasteiger partial charge in [0.15, 0.2) is 0 Å². The summed E-state index contributed by atoms with van der Waals surface area (Å²) in [7, 11) is 0. The van der Waals surface area contributed by atoms with Gasteiger partial charge in [-0.2, -0.15) is 0 Å². The van der Waals surface area contributed by atoms with Gasteiger partial charge in [0, 0.05) is 39.3 Å². The molecule has 0 aliphatic rings. The molecule has 0 aliphatic heterocycles. The molecular weight excluding hydrogens is 731 g/mol. The van der Waals surface area contributed by atoms with E-state index < -0.39 is 97.4 Å². The van der Waals surface area contributed by atoms with Crippen LogP contribution >= 0.6 is 0 Å². The number of phenolic OH excluding ortho intramolecular Hbond substituents is 1. The van der Waals surface area contributed by atoms with E-state index >= 15 is 0 Å². The monoisotopic (exact) mass is 807 g/mol. The first-order chi connectivity index (χ1) is 36.2. The number of phenols is 1. The molecule has 8 rings (SSSR count). The zero-order chi connectivity index (χ0) is 58.8. The van der Waals surface area contributed by atoms with Gasteiger partial charge in [-0.1, -0.05) is 152 Å². The highest BCUT2D eigenvalue weighted by molar-refractivity contribution is 5.98. The number of pyridine rings is 1. The summed E-state index contributed by atoms with van der Waals surface area (Å²) in [6.07, 6.45) is -0.761. The second-order valence-corrected chi connectivity index (χ2v) is 17.2. The Morgan fingerprint density at radius 2 is 1.32 bits per heavy atom. The van der Waals surface area contributed by atoms with E-state index in [2.05, 4.69) is 25.8 Å². The Labute approximate surface area is 383 Å². The van der Waals surface area contributed by atoms with Crippen molar-refractivity contribution in [3.8, 4) is 67.5 Å². The molecule has 0 aliphatic carbocycles. The van der Waals surface area contributed by atoms with E-state index in [-0.39, 0.29) is 28.0 Å². The number of fused-ring (bicyclic) bond motifs is 1. The molecule has 2 heterocycles. The van der Waals surface area contributed by atoms with Crippen LogP contribution in [0, 0.1) is 13.8 Å². The largest absolute Gasteiger partial charge is 0.507 e. The van der Waals surface area contributed by atoms with Crippen LogP contribution in [0.5, 0.6) is 5.75 Å². The van der Waals surface area contributed by atoms with Gasteiger partial charge in [-0.15, -0.1) is 0 Å². The molecule has 0 saturated carbocycles. The Bertz CT molecular complexity index is 3680. The molecule has 0 spiro atoms. The van der Waals surface area contributed by atoms with Crippen LogP contribution in [0.1, 0.15) is 116 Å². The molecule has 4 heteroatoms. The van der Waals surface area contributed by atoms with Crippen molar-refractivity contribution in [3.63, 3.8) is 0 Å². The molecule has 0 bridgehead atoms. The first kappa shape index (κ1) is 23.5. The van der Waals surface area contributed by atoms with Crippen LogP contribution in [0.25, 0.3) is 72.7 Å². The summed E-state index contributed by atoms with van der Waals surface area (Å²) in [5.74, 6) is 0.296. The number of benzene rings is 6. The van der Waals surface area contributed by atoms with E-state index in [0.29, 0.717) is 61.5 Å². The number of aromatic hydroxyl groups is 1. The molecule has 8 aromatic rings. The number of hydrogen-bond donors (Lipinski definition) is 1. The van der Waals surface area contributed by atoms with Crippen LogP contribution < -0.4 is 0 Å². The van der Waals surface area contributed by atoms with Crippen LogP contribution in [-0.4, -0.2) is 19.6 Å². The third-order valence-electron chi connectivity index (χ3n) is 10.6. The summed E-state index contributed by atoms with van der Waals surface area (Å²) in [6, 6.07) is 22.4. The van der Waals surface area contributed by atoms with Gasteiger partial charge in [0.05, 0.1) is 37.6 Å². The normalized spacial score (nSPS) is 17.8. The highest BCUT2D eigenvalue weighted by Crippen LogP contribution is 2.44. The van der Waals surface area contributed by atoms with E-state index in [4.69, 9.17) is 29.7 Å². The summed E-state index contributed by atoms with van der Waals surface area (Å²) in [5.41, 5.74) is -1.25. The molecule has 0 saturated heterocycles. The van der Waals surface area contributed by atoms with Crippen LogP contribution in [-0.2, 0) is 16.2 Å². The number of nitrogens with zero attached hydrogens (tertiary/aromatic N) is 3. The second-order valence-electron chi connectivity index (χ2n) is 17.2. The van der Waals surface area contributed by atoms with Gasteiger partial charge in [0.25, 0.3) is 0 Å². The summed E-state index contributed by atoms with van der Waals surface area (Å²) >= 11 is 0. The van der Waals surface area contributed by atoms with Gasteiger partial charge < -0.3 is 5.11 Å².